The molecule has 2 rings (SSSR count). The van der Waals surface area contributed by atoms with Crippen LogP contribution in [0.15, 0.2) is 12.1 Å². The summed E-state index contributed by atoms with van der Waals surface area (Å²) in [6, 6.07) is 3.66. The SMILES string of the molecule is Cc1cc(C)c2c(c1)N(CC(=O)[O-])C(=O)CO2. The third-order valence-electron chi connectivity index (χ3n) is 2.62. The first kappa shape index (κ1) is 11.4. The highest BCUT2D eigenvalue weighted by atomic mass is 16.5. The molecule has 0 atom stereocenters. The fraction of sp³-hybridized carbons (Fsp3) is 0.333. The van der Waals surface area contributed by atoms with Crippen molar-refractivity contribution in [1.82, 2.24) is 0 Å². The van der Waals surface area contributed by atoms with E-state index in [2.05, 4.69) is 0 Å². The van der Waals surface area contributed by atoms with Gasteiger partial charge < -0.3 is 19.5 Å². The molecule has 1 amide bonds. The molecule has 90 valence electrons. The second-order valence-corrected chi connectivity index (χ2v) is 4.07. The molecular weight excluding hydrogens is 222 g/mol. The summed E-state index contributed by atoms with van der Waals surface area (Å²) in [6.07, 6.45) is 0. The van der Waals surface area contributed by atoms with Crippen molar-refractivity contribution in [3.05, 3.63) is 23.3 Å². The summed E-state index contributed by atoms with van der Waals surface area (Å²) < 4.78 is 5.33. The van der Waals surface area contributed by atoms with E-state index >= 15 is 0 Å². The molecule has 0 spiro atoms. The van der Waals surface area contributed by atoms with E-state index in [0.29, 0.717) is 11.4 Å². The van der Waals surface area contributed by atoms with E-state index in [4.69, 9.17) is 4.74 Å². The fourth-order valence-corrected chi connectivity index (χ4v) is 1.97. The molecule has 0 fully saturated rings. The lowest BCUT2D eigenvalue weighted by molar-refractivity contribution is -0.303. The average molecular weight is 234 g/mol. The maximum atomic E-state index is 11.6. The van der Waals surface area contributed by atoms with Crippen molar-refractivity contribution in [2.75, 3.05) is 18.1 Å². The molecule has 0 saturated carbocycles. The van der Waals surface area contributed by atoms with Gasteiger partial charge in [0.15, 0.2) is 6.61 Å². The van der Waals surface area contributed by atoms with E-state index in [-0.39, 0.29) is 12.5 Å². The monoisotopic (exact) mass is 234 g/mol. The maximum Gasteiger partial charge on any atom is 0.265 e. The number of rotatable bonds is 2. The number of fused-ring (bicyclic) bond motifs is 1. The molecule has 1 aromatic rings. The molecule has 1 aliphatic heterocycles. The zero-order valence-corrected chi connectivity index (χ0v) is 9.65. The molecule has 1 aliphatic rings. The number of anilines is 1. The third-order valence-corrected chi connectivity index (χ3v) is 2.62. The summed E-state index contributed by atoms with van der Waals surface area (Å²) in [6.45, 7) is 3.16. The Labute approximate surface area is 98.6 Å². The third kappa shape index (κ3) is 2.08. The Morgan fingerprint density at radius 1 is 1.47 bits per heavy atom. The van der Waals surface area contributed by atoms with E-state index in [9.17, 15) is 14.7 Å². The van der Waals surface area contributed by atoms with Crippen molar-refractivity contribution in [2.24, 2.45) is 0 Å². The lowest BCUT2D eigenvalue weighted by Gasteiger charge is -2.30. The molecular formula is C12H12NO4-. The Hall–Kier alpha value is -2.04. The largest absolute Gasteiger partial charge is 0.548 e. The first-order chi connectivity index (χ1) is 7.99. The second kappa shape index (κ2) is 4.08. The molecule has 1 aromatic carbocycles. The Bertz CT molecular complexity index is 496. The van der Waals surface area contributed by atoms with Crippen molar-refractivity contribution in [3.8, 4) is 5.75 Å². The van der Waals surface area contributed by atoms with Gasteiger partial charge >= 0.3 is 0 Å². The molecule has 5 nitrogen and oxygen atoms in total. The maximum absolute atomic E-state index is 11.6. The molecule has 0 unspecified atom stereocenters. The van der Waals surface area contributed by atoms with Gasteiger partial charge in [-0.1, -0.05) is 6.07 Å². The van der Waals surface area contributed by atoms with Gasteiger partial charge in [-0.25, -0.2) is 0 Å². The van der Waals surface area contributed by atoms with Gasteiger partial charge in [0.2, 0.25) is 0 Å². The Kier molecular flexibility index (Phi) is 2.75. The van der Waals surface area contributed by atoms with Crippen LogP contribution in [0.3, 0.4) is 0 Å². The highest BCUT2D eigenvalue weighted by molar-refractivity contribution is 6.01. The van der Waals surface area contributed by atoms with Crippen LogP contribution in [0.2, 0.25) is 0 Å². The number of nitrogens with zero attached hydrogens (tertiary/aromatic N) is 1. The number of aryl methyl sites for hydroxylation is 2. The van der Waals surface area contributed by atoms with Gasteiger partial charge in [-0.2, -0.15) is 0 Å². The second-order valence-electron chi connectivity index (χ2n) is 4.07. The summed E-state index contributed by atoms with van der Waals surface area (Å²) in [7, 11) is 0. The van der Waals surface area contributed by atoms with Crippen LogP contribution in [0.1, 0.15) is 11.1 Å². The fourth-order valence-electron chi connectivity index (χ4n) is 1.97. The number of hydrogen-bond acceptors (Lipinski definition) is 4. The number of carbonyl (C=O) groups is 2. The molecule has 0 N–H and O–H groups in total. The average Bonchev–Trinajstić information content (AvgIpc) is 2.21. The molecule has 0 bridgehead atoms. The van der Waals surface area contributed by atoms with E-state index in [1.165, 1.54) is 4.90 Å². The number of carbonyl (C=O) groups excluding carboxylic acids is 2. The number of ether oxygens (including phenoxy) is 1. The van der Waals surface area contributed by atoms with Crippen LogP contribution in [-0.4, -0.2) is 25.0 Å². The van der Waals surface area contributed by atoms with Gasteiger partial charge in [-0.3, -0.25) is 4.79 Å². The minimum atomic E-state index is -1.29. The molecule has 0 radical (unpaired) electrons. The van der Waals surface area contributed by atoms with Gasteiger partial charge in [-0.05, 0) is 31.0 Å². The van der Waals surface area contributed by atoms with Crippen LogP contribution in [0.5, 0.6) is 5.75 Å². The van der Waals surface area contributed by atoms with Gasteiger partial charge in [0.1, 0.15) is 5.75 Å². The summed E-state index contributed by atoms with van der Waals surface area (Å²) in [5, 5.41) is 10.6. The predicted octanol–water partition coefficient (Wildman–Crippen LogP) is -0.221. The van der Waals surface area contributed by atoms with E-state index in [1.807, 2.05) is 19.9 Å². The quantitative estimate of drug-likeness (QED) is 0.709. The Morgan fingerprint density at radius 3 is 2.82 bits per heavy atom. The van der Waals surface area contributed by atoms with Gasteiger partial charge in [-0.15, -0.1) is 0 Å². The number of benzene rings is 1. The standard InChI is InChI=1S/C12H13NO4/c1-7-3-8(2)12-9(4-7)13(5-11(15)16)10(14)6-17-12/h3-4H,5-6H2,1-2H3,(H,15,16)/p-1. The van der Waals surface area contributed by atoms with Crippen LogP contribution >= 0.6 is 0 Å². The molecule has 5 heteroatoms. The zero-order valence-electron chi connectivity index (χ0n) is 9.65. The van der Waals surface area contributed by atoms with Crippen LogP contribution in [0, 0.1) is 13.8 Å². The Balaban J connectivity index is 2.50. The van der Waals surface area contributed by atoms with E-state index < -0.39 is 12.5 Å². The molecule has 0 saturated heterocycles. The molecule has 17 heavy (non-hydrogen) atoms. The normalized spacial score (nSPS) is 14.2. The zero-order chi connectivity index (χ0) is 12.6. The minimum Gasteiger partial charge on any atom is -0.548 e. The number of carboxylic acid groups (broad SMARTS) is 1. The number of aliphatic carboxylic acids is 1. The van der Waals surface area contributed by atoms with Gasteiger partial charge in [0.05, 0.1) is 18.2 Å². The smallest absolute Gasteiger partial charge is 0.265 e. The Morgan fingerprint density at radius 2 is 2.18 bits per heavy atom. The van der Waals surface area contributed by atoms with E-state index in [0.717, 1.165) is 11.1 Å². The van der Waals surface area contributed by atoms with Crippen LogP contribution in [0.4, 0.5) is 5.69 Å². The van der Waals surface area contributed by atoms with Gasteiger partial charge in [0.25, 0.3) is 5.91 Å². The van der Waals surface area contributed by atoms with Crippen molar-refractivity contribution < 1.29 is 19.4 Å². The van der Waals surface area contributed by atoms with E-state index in [1.54, 1.807) is 6.07 Å². The highest BCUT2D eigenvalue weighted by Gasteiger charge is 2.26. The predicted molar refractivity (Wildman–Crippen MR) is 58.8 cm³/mol. The van der Waals surface area contributed by atoms with Gasteiger partial charge in [0, 0.05) is 0 Å². The number of carboxylic acids is 1. The number of hydrogen-bond donors (Lipinski definition) is 0. The lowest BCUT2D eigenvalue weighted by Crippen LogP contribution is -2.46. The molecule has 0 aromatic heterocycles. The van der Waals surface area contributed by atoms with Crippen molar-refractivity contribution in [1.29, 1.82) is 0 Å². The lowest BCUT2D eigenvalue weighted by atomic mass is 10.1. The van der Waals surface area contributed by atoms with Crippen LogP contribution in [-0.2, 0) is 9.59 Å². The summed E-state index contributed by atoms with van der Waals surface area (Å²) in [5.74, 6) is -1.09. The van der Waals surface area contributed by atoms with Crippen LogP contribution < -0.4 is 14.7 Å². The molecule has 1 heterocycles. The van der Waals surface area contributed by atoms with Crippen molar-refractivity contribution >= 4 is 17.6 Å². The first-order valence-corrected chi connectivity index (χ1v) is 5.23. The summed E-state index contributed by atoms with van der Waals surface area (Å²) in [4.78, 5) is 23.5. The first-order valence-electron chi connectivity index (χ1n) is 5.23. The van der Waals surface area contributed by atoms with Crippen molar-refractivity contribution in [2.45, 2.75) is 13.8 Å². The minimum absolute atomic E-state index is 0.135. The number of amides is 1. The summed E-state index contributed by atoms with van der Waals surface area (Å²) in [5.41, 5.74) is 2.33. The van der Waals surface area contributed by atoms with Crippen LogP contribution in [0.25, 0.3) is 0 Å². The topological polar surface area (TPSA) is 69.7 Å². The summed E-state index contributed by atoms with van der Waals surface area (Å²) >= 11 is 0. The van der Waals surface area contributed by atoms with Crippen molar-refractivity contribution in [3.63, 3.8) is 0 Å². The molecule has 0 aliphatic carbocycles. The highest BCUT2D eigenvalue weighted by Crippen LogP contribution is 2.35.